The summed E-state index contributed by atoms with van der Waals surface area (Å²) in [6.07, 6.45) is 3.56. The molecule has 1 heterocycles. The third kappa shape index (κ3) is 2.42. The van der Waals surface area contributed by atoms with Crippen molar-refractivity contribution in [2.75, 3.05) is 12.3 Å². The maximum Gasteiger partial charge on any atom is 0.266 e. The van der Waals surface area contributed by atoms with E-state index in [9.17, 15) is 9.00 Å². The van der Waals surface area contributed by atoms with Crippen molar-refractivity contribution in [3.63, 3.8) is 0 Å². The summed E-state index contributed by atoms with van der Waals surface area (Å²) in [6, 6.07) is 6.46. The smallest absolute Gasteiger partial charge is 0.266 e. The molecule has 18 heavy (non-hydrogen) atoms. The van der Waals surface area contributed by atoms with Gasteiger partial charge in [0.1, 0.15) is 11.0 Å². The SMILES string of the molecule is [N-]=[N+]=Nc1ccccc1C(=O)N1CC=CCS1=O. The molecule has 0 spiro atoms. The van der Waals surface area contributed by atoms with Crippen molar-refractivity contribution in [1.82, 2.24) is 4.31 Å². The van der Waals surface area contributed by atoms with Gasteiger partial charge in [0.15, 0.2) is 0 Å². The summed E-state index contributed by atoms with van der Waals surface area (Å²) >= 11 is 0. The van der Waals surface area contributed by atoms with E-state index in [1.54, 1.807) is 36.4 Å². The topological polar surface area (TPSA) is 86.1 Å². The van der Waals surface area contributed by atoms with E-state index in [4.69, 9.17) is 5.53 Å². The molecule has 0 aromatic heterocycles. The van der Waals surface area contributed by atoms with E-state index in [1.807, 2.05) is 0 Å². The van der Waals surface area contributed by atoms with Gasteiger partial charge in [-0.05, 0) is 11.6 Å². The Kier molecular flexibility index (Phi) is 3.76. The standard InChI is InChI=1S/C11H10N4O2S/c12-14-13-10-6-2-1-5-9(10)11(16)15-7-3-4-8-18(15)17/h1-6H,7-8H2. The molecule has 1 unspecified atom stereocenters. The first kappa shape index (κ1) is 12.3. The van der Waals surface area contributed by atoms with Crippen molar-refractivity contribution in [3.05, 3.63) is 52.4 Å². The molecule has 1 atom stereocenters. The Morgan fingerprint density at radius 1 is 1.39 bits per heavy atom. The number of hydrogen-bond donors (Lipinski definition) is 0. The molecule has 2 rings (SSSR count). The molecule has 0 aliphatic carbocycles. The van der Waals surface area contributed by atoms with Gasteiger partial charge in [-0.25, -0.2) is 4.21 Å². The average Bonchev–Trinajstić information content (AvgIpc) is 2.40. The van der Waals surface area contributed by atoms with Gasteiger partial charge in [0.2, 0.25) is 0 Å². The lowest BCUT2D eigenvalue weighted by atomic mass is 10.1. The van der Waals surface area contributed by atoms with Crippen molar-refractivity contribution in [2.24, 2.45) is 5.11 Å². The van der Waals surface area contributed by atoms with Gasteiger partial charge in [0.25, 0.3) is 5.91 Å². The Morgan fingerprint density at radius 2 is 2.17 bits per heavy atom. The summed E-state index contributed by atoms with van der Waals surface area (Å²) < 4.78 is 13.0. The molecule has 92 valence electrons. The van der Waals surface area contributed by atoms with Gasteiger partial charge < -0.3 is 0 Å². The number of carbonyl (C=O) groups excluding carboxylic acids is 1. The van der Waals surface area contributed by atoms with Crippen molar-refractivity contribution in [3.8, 4) is 0 Å². The van der Waals surface area contributed by atoms with Gasteiger partial charge in [-0.1, -0.05) is 35.5 Å². The van der Waals surface area contributed by atoms with Crippen LogP contribution in [0.25, 0.3) is 10.4 Å². The van der Waals surface area contributed by atoms with Crippen LogP contribution in [0, 0.1) is 0 Å². The number of azide groups is 1. The van der Waals surface area contributed by atoms with E-state index in [2.05, 4.69) is 10.0 Å². The van der Waals surface area contributed by atoms with E-state index in [1.165, 1.54) is 4.31 Å². The number of nitrogens with zero attached hydrogens (tertiary/aromatic N) is 4. The van der Waals surface area contributed by atoms with Crippen molar-refractivity contribution >= 4 is 22.6 Å². The molecule has 1 aliphatic heterocycles. The number of benzene rings is 1. The Morgan fingerprint density at radius 3 is 2.89 bits per heavy atom. The monoisotopic (exact) mass is 262 g/mol. The number of amides is 1. The highest BCUT2D eigenvalue weighted by atomic mass is 32.2. The first-order valence-corrected chi connectivity index (χ1v) is 6.51. The summed E-state index contributed by atoms with van der Waals surface area (Å²) in [7, 11) is -1.36. The lowest BCUT2D eigenvalue weighted by molar-refractivity contribution is 0.0876. The molecule has 0 saturated heterocycles. The molecule has 6 nitrogen and oxygen atoms in total. The van der Waals surface area contributed by atoms with E-state index in [0.717, 1.165) is 0 Å². The lowest BCUT2D eigenvalue weighted by Gasteiger charge is -2.22. The van der Waals surface area contributed by atoms with E-state index >= 15 is 0 Å². The molecule has 1 amide bonds. The van der Waals surface area contributed by atoms with Crippen LogP contribution in [0.2, 0.25) is 0 Å². The van der Waals surface area contributed by atoms with Crippen molar-refractivity contribution in [1.29, 1.82) is 0 Å². The molecule has 1 aromatic rings. The average molecular weight is 262 g/mol. The van der Waals surface area contributed by atoms with Gasteiger partial charge in [-0.15, -0.1) is 0 Å². The maximum atomic E-state index is 12.2. The van der Waals surface area contributed by atoms with E-state index < -0.39 is 11.0 Å². The van der Waals surface area contributed by atoms with E-state index in [0.29, 0.717) is 12.3 Å². The highest BCUT2D eigenvalue weighted by molar-refractivity contribution is 7.83. The zero-order valence-corrected chi connectivity index (χ0v) is 10.2. The van der Waals surface area contributed by atoms with Gasteiger partial charge in [-0.3, -0.25) is 9.10 Å². The molecule has 1 aliphatic rings. The van der Waals surface area contributed by atoms with Crippen LogP contribution in [0.5, 0.6) is 0 Å². The maximum absolute atomic E-state index is 12.2. The molecule has 0 radical (unpaired) electrons. The van der Waals surface area contributed by atoms with Gasteiger partial charge >= 0.3 is 0 Å². The molecule has 0 N–H and O–H groups in total. The van der Waals surface area contributed by atoms with Crippen LogP contribution in [0.1, 0.15) is 10.4 Å². The second-order valence-electron chi connectivity index (χ2n) is 3.53. The van der Waals surface area contributed by atoms with Crippen LogP contribution < -0.4 is 0 Å². The molecule has 7 heteroatoms. The van der Waals surface area contributed by atoms with Crippen molar-refractivity contribution < 1.29 is 9.00 Å². The molecule has 0 bridgehead atoms. The summed E-state index contributed by atoms with van der Waals surface area (Å²) in [6.45, 7) is 0.302. The van der Waals surface area contributed by atoms with Crippen LogP contribution in [-0.4, -0.2) is 26.7 Å². The van der Waals surface area contributed by atoms with Crippen LogP contribution in [0.15, 0.2) is 41.5 Å². The number of hydrogen-bond acceptors (Lipinski definition) is 3. The summed E-state index contributed by atoms with van der Waals surface area (Å²) in [5.41, 5.74) is 8.96. The highest BCUT2D eigenvalue weighted by Gasteiger charge is 2.23. The molecular weight excluding hydrogens is 252 g/mol. The fraction of sp³-hybridized carbons (Fsp3) is 0.182. The summed E-state index contributed by atoms with van der Waals surface area (Å²) in [5, 5.41) is 3.46. The third-order valence-corrected chi connectivity index (χ3v) is 3.72. The Balaban J connectivity index is 2.37. The predicted molar refractivity (Wildman–Crippen MR) is 68.4 cm³/mol. The number of carbonyl (C=O) groups is 1. The first-order chi connectivity index (χ1) is 8.74. The quantitative estimate of drug-likeness (QED) is 0.354. The Hall–Kier alpha value is -2.11. The van der Waals surface area contributed by atoms with Crippen LogP contribution >= 0.6 is 0 Å². The van der Waals surface area contributed by atoms with Gasteiger partial charge in [0, 0.05) is 4.91 Å². The molecule has 1 aromatic carbocycles. The fourth-order valence-corrected chi connectivity index (χ4v) is 2.61. The highest BCUT2D eigenvalue weighted by Crippen LogP contribution is 2.22. The number of rotatable bonds is 2. The zero-order valence-electron chi connectivity index (χ0n) is 9.39. The van der Waals surface area contributed by atoms with Crippen LogP contribution in [0.4, 0.5) is 5.69 Å². The normalized spacial score (nSPS) is 18.2. The predicted octanol–water partition coefficient (Wildman–Crippen LogP) is 2.30. The molecular formula is C11H10N4O2S. The Bertz CT molecular complexity index is 578. The third-order valence-electron chi connectivity index (χ3n) is 2.44. The van der Waals surface area contributed by atoms with Crippen LogP contribution in [0.3, 0.4) is 0 Å². The second kappa shape index (κ2) is 5.48. The zero-order chi connectivity index (χ0) is 13.0. The largest absolute Gasteiger partial charge is 0.268 e. The van der Waals surface area contributed by atoms with Crippen molar-refractivity contribution in [2.45, 2.75) is 0 Å². The minimum Gasteiger partial charge on any atom is -0.268 e. The second-order valence-corrected chi connectivity index (χ2v) is 4.95. The van der Waals surface area contributed by atoms with Crippen LogP contribution in [-0.2, 0) is 11.0 Å². The first-order valence-electron chi connectivity index (χ1n) is 5.23. The summed E-state index contributed by atoms with van der Waals surface area (Å²) in [4.78, 5) is 14.9. The van der Waals surface area contributed by atoms with Gasteiger partial charge in [-0.2, -0.15) is 0 Å². The lowest BCUT2D eigenvalue weighted by Crippen LogP contribution is -2.36. The molecule has 0 fully saturated rings. The fourth-order valence-electron chi connectivity index (χ4n) is 1.59. The minimum absolute atomic E-state index is 0.247. The summed E-state index contributed by atoms with van der Waals surface area (Å²) in [5.74, 6) is -0.0595. The van der Waals surface area contributed by atoms with E-state index in [-0.39, 0.29) is 17.2 Å². The Labute approximate surface area is 106 Å². The van der Waals surface area contributed by atoms with Gasteiger partial charge in [0.05, 0.1) is 23.5 Å². The minimum atomic E-state index is -1.36. The molecule has 0 saturated carbocycles.